The van der Waals surface area contributed by atoms with Crippen molar-refractivity contribution in [3.8, 4) is 0 Å². The van der Waals surface area contributed by atoms with Crippen LogP contribution in [0, 0.1) is 0 Å². The molecule has 1 N–H and O–H groups in total. The number of nitrogens with zero attached hydrogens (tertiary/aromatic N) is 1. The van der Waals surface area contributed by atoms with Crippen LogP contribution in [-0.2, 0) is 9.59 Å². The molecule has 1 fully saturated rings. The Hall–Kier alpha value is -2.04. The summed E-state index contributed by atoms with van der Waals surface area (Å²) in [5.41, 5.74) is 1.02. The molecular weight excluding hydrogens is 208 g/mol. The molecule has 82 valence electrons. The first kappa shape index (κ1) is 10.5. The lowest BCUT2D eigenvalue weighted by atomic mass is 9.94. The first-order chi connectivity index (χ1) is 7.70. The van der Waals surface area contributed by atoms with Crippen LogP contribution in [0.2, 0.25) is 0 Å². The molecular formula is C11H10N2O3. The van der Waals surface area contributed by atoms with Gasteiger partial charge in [0.15, 0.2) is 0 Å². The van der Waals surface area contributed by atoms with Crippen molar-refractivity contribution in [1.29, 1.82) is 0 Å². The number of carbonyl (C=O) groups is 3. The number of piperidine rings is 1. The molecule has 1 aliphatic heterocycles. The van der Waals surface area contributed by atoms with Crippen molar-refractivity contribution in [3.05, 3.63) is 29.6 Å². The molecule has 0 bridgehead atoms. The number of pyridine rings is 1. The topological polar surface area (TPSA) is 76.1 Å². The van der Waals surface area contributed by atoms with E-state index in [0.29, 0.717) is 30.4 Å². The zero-order chi connectivity index (χ0) is 11.5. The van der Waals surface area contributed by atoms with Gasteiger partial charge >= 0.3 is 0 Å². The summed E-state index contributed by atoms with van der Waals surface area (Å²) in [5.74, 6) is -1.03. The van der Waals surface area contributed by atoms with Crippen molar-refractivity contribution >= 4 is 18.1 Å². The Labute approximate surface area is 91.9 Å². The number of hydrogen-bond donors (Lipinski definition) is 1. The minimum absolute atomic E-state index is 0.257. The van der Waals surface area contributed by atoms with Crippen molar-refractivity contribution in [3.63, 3.8) is 0 Å². The average molecular weight is 218 g/mol. The van der Waals surface area contributed by atoms with E-state index < -0.39 is 5.92 Å². The van der Waals surface area contributed by atoms with Crippen LogP contribution in [0.15, 0.2) is 18.3 Å². The van der Waals surface area contributed by atoms with Gasteiger partial charge in [-0.15, -0.1) is 0 Å². The maximum atomic E-state index is 11.5. The summed E-state index contributed by atoms with van der Waals surface area (Å²) in [6.45, 7) is 0. The molecule has 1 aliphatic rings. The number of carbonyl (C=O) groups excluding carboxylic acids is 3. The van der Waals surface area contributed by atoms with Crippen LogP contribution in [0.4, 0.5) is 0 Å². The van der Waals surface area contributed by atoms with Gasteiger partial charge in [0.05, 0.1) is 11.6 Å². The summed E-state index contributed by atoms with van der Waals surface area (Å²) < 4.78 is 0. The molecule has 1 atom stereocenters. The van der Waals surface area contributed by atoms with Crippen LogP contribution in [0.25, 0.3) is 0 Å². The molecule has 2 heterocycles. The normalized spacial score (nSPS) is 20.4. The summed E-state index contributed by atoms with van der Waals surface area (Å²) >= 11 is 0. The highest BCUT2D eigenvalue weighted by atomic mass is 16.2. The molecule has 1 saturated heterocycles. The van der Waals surface area contributed by atoms with Crippen LogP contribution in [0.5, 0.6) is 0 Å². The largest absolute Gasteiger partial charge is 0.298 e. The number of hydrogen-bond acceptors (Lipinski definition) is 4. The molecule has 1 aromatic heterocycles. The Balaban J connectivity index is 2.26. The van der Waals surface area contributed by atoms with Gasteiger partial charge in [0.2, 0.25) is 11.8 Å². The summed E-state index contributed by atoms with van der Waals surface area (Å²) in [6, 6.07) is 3.15. The lowest BCUT2D eigenvalue weighted by Gasteiger charge is -2.20. The van der Waals surface area contributed by atoms with E-state index in [4.69, 9.17) is 0 Å². The number of aromatic nitrogens is 1. The fourth-order valence-corrected chi connectivity index (χ4v) is 1.71. The SMILES string of the molecule is O=Cc1ccnc(C2CCC(=O)NC2=O)c1. The van der Waals surface area contributed by atoms with Gasteiger partial charge in [-0.3, -0.25) is 24.7 Å². The number of aldehydes is 1. The molecule has 0 aliphatic carbocycles. The van der Waals surface area contributed by atoms with Crippen molar-refractivity contribution in [2.24, 2.45) is 0 Å². The predicted octanol–water partition coefficient (Wildman–Crippen LogP) is 0.414. The molecule has 1 unspecified atom stereocenters. The fraction of sp³-hybridized carbons (Fsp3) is 0.273. The van der Waals surface area contributed by atoms with Gasteiger partial charge in [-0.2, -0.15) is 0 Å². The first-order valence-corrected chi connectivity index (χ1v) is 4.95. The van der Waals surface area contributed by atoms with Crippen LogP contribution >= 0.6 is 0 Å². The van der Waals surface area contributed by atoms with Crippen LogP contribution < -0.4 is 5.32 Å². The highest BCUT2D eigenvalue weighted by molar-refractivity contribution is 6.00. The van der Waals surface area contributed by atoms with E-state index in [-0.39, 0.29) is 11.8 Å². The lowest BCUT2D eigenvalue weighted by molar-refractivity contribution is -0.134. The van der Waals surface area contributed by atoms with E-state index in [1.54, 1.807) is 12.1 Å². The highest BCUT2D eigenvalue weighted by Crippen LogP contribution is 2.23. The molecule has 1 aromatic rings. The number of nitrogens with one attached hydrogen (secondary N) is 1. The smallest absolute Gasteiger partial charge is 0.235 e. The molecule has 2 amide bonds. The molecule has 5 nitrogen and oxygen atoms in total. The highest BCUT2D eigenvalue weighted by Gasteiger charge is 2.28. The molecule has 0 radical (unpaired) electrons. The van der Waals surface area contributed by atoms with Gasteiger partial charge in [0.25, 0.3) is 0 Å². The fourth-order valence-electron chi connectivity index (χ4n) is 1.71. The van der Waals surface area contributed by atoms with Gasteiger partial charge < -0.3 is 0 Å². The summed E-state index contributed by atoms with van der Waals surface area (Å²) in [6.07, 6.45) is 2.95. The third-order valence-corrected chi connectivity index (χ3v) is 2.54. The standard InChI is InChI=1S/C11H10N2O3/c14-6-7-3-4-12-9(5-7)8-1-2-10(15)13-11(8)16/h3-6,8H,1-2H2,(H,13,15,16). The first-order valence-electron chi connectivity index (χ1n) is 4.95. The number of amides is 2. The van der Waals surface area contributed by atoms with E-state index in [2.05, 4.69) is 10.3 Å². The number of imide groups is 1. The van der Waals surface area contributed by atoms with E-state index in [1.807, 2.05) is 0 Å². The summed E-state index contributed by atoms with van der Waals surface area (Å²) in [7, 11) is 0. The second-order valence-electron chi connectivity index (χ2n) is 3.64. The molecule has 0 aromatic carbocycles. The van der Waals surface area contributed by atoms with E-state index in [9.17, 15) is 14.4 Å². The van der Waals surface area contributed by atoms with Gasteiger partial charge in [-0.25, -0.2) is 0 Å². The van der Waals surface area contributed by atoms with Crippen molar-refractivity contribution < 1.29 is 14.4 Å². The lowest BCUT2D eigenvalue weighted by Crippen LogP contribution is -2.39. The zero-order valence-corrected chi connectivity index (χ0v) is 8.47. The Morgan fingerprint density at radius 1 is 1.44 bits per heavy atom. The maximum Gasteiger partial charge on any atom is 0.235 e. The maximum absolute atomic E-state index is 11.5. The third-order valence-electron chi connectivity index (χ3n) is 2.54. The second kappa shape index (κ2) is 4.22. The Bertz CT molecular complexity index is 456. The third kappa shape index (κ3) is 1.98. The van der Waals surface area contributed by atoms with Crippen molar-refractivity contribution in [2.45, 2.75) is 18.8 Å². The van der Waals surface area contributed by atoms with Gasteiger partial charge in [0.1, 0.15) is 6.29 Å². The van der Waals surface area contributed by atoms with Crippen molar-refractivity contribution in [2.75, 3.05) is 0 Å². The predicted molar refractivity (Wildman–Crippen MR) is 54.7 cm³/mol. The van der Waals surface area contributed by atoms with E-state index >= 15 is 0 Å². The van der Waals surface area contributed by atoms with E-state index in [0.717, 1.165) is 0 Å². The van der Waals surface area contributed by atoms with Gasteiger partial charge in [-0.1, -0.05) is 0 Å². The zero-order valence-electron chi connectivity index (χ0n) is 8.47. The second-order valence-corrected chi connectivity index (χ2v) is 3.64. The molecule has 16 heavy (non-hydrogen) atoms. The minimum atomic E-state index is -0.433. The van der Waals surface area contributed by atoms with E-state index in [1.165, 1.54) is 6.20 Å². The average Bonchev–Trinajstić information content (AvgIpc) is 2.29. The molecule has 2 rings (SSSR count). The monoisotopic (exact) mass is 218 g/mol. The summed E-state index contributed by atoms with van der Waals surface area (Å²) in [4.78, 5) is 37.2. The Kier molecular flexibility index (Phi) is 2.76. The summed E-state index contributed by atoms with van der Waals surface area (Å²) in [5, 5.41) is 2.26. The number of rotatable bonds is 2. The molecule has 5 heteroatoms. The van der Waals surface area contributed by atoms with Crippen LogP contribution in [-0.4, -0.2) is 23.1 Å². The minimum Gasteiger partial charge on any atom is -0.298 e. The van der Waals surface area contributed by atoms with Crippen LogP contribution in [0.3, 0.4) is 0 Å². The van der Waals surface area contributed by atoms with Gasteiger partial charge in [-0.05, 0) is 18.6 Å². The van der Waals surface area contributed by atoms with Gasteiger partial charge in [0, 0.05) is 18.2 Å². The molecule has 0 spiro atoms. The molecule has 0 saturated carbocycles. The Morgan fingerprint density at radius 3 is 2.94 bits per heavy atom. The quantitative estimate of drug-likeness (QED) is 0.576. The van der Waals surface area contributed by atoms with Crippen LogP contribution in [0.1, 0.15) is 34.8 Å². The van der Waals surface area contributed by atoms with Crippen molar-refractivity contribution in [1.82, 2.24) is 10.3 Å². The Morgan fingerprint density at radius 2 is 2.25 bits per heavy atom.